The molecule has 0 unspecified atom stereocenters. The molecule has 0 radical (unpaired) electrons. The average molecular weight is 274 g/mol. The quantitative estimate of drug-likeness (QED) is 0.642. The predicted molar refractivity (Wildman–Crippen MR) is 82.3 cm³/mol. The van der Waals surface area contributed by atoms with Crippen molar-refractivity contribution in [1.82, 2.24) is 0 Å². The van der Waals surface area contributed by atoms with Gasteiger partial charge in [0.2, 0.25) is 0 Å². The van der Waals surface area contributed by atoms with E-state index in [0.29, 0.717) is 10.8 Å². The maximum atomic E-state index is 9.96. The molecule has 1 nitrogen and oxygen atoms in total. The van der Waals surface area contributed by atoms with Crippen LogP contribution in [0.2, 0.25) is 0 Å². The van der Waals surface area contributed by atoms with E-state index in [1.54, 1.807) is 0 Å². The highest BCUT2D eigenvalue weighted by atomic mass is 16.3. The molecule has 0 spiro atoms. The number of aliphatic hydroxyl groups excluding tert-OH is 1. The molecular formula is C19H30O. The number of aliphatic hydroxyl groups is 1. The van der Waals surface area contributed by atoms with Crippen LogP contribution in [0.4, 0.5) is 0 Å². The van der Waals surface area contributed by atoms with Crippen LogP contribution in [0.25, 0.3) is 0 Å². The Labute approximate surface area is 123 Å². The van der Waals surface area contributed by atoms with Crippen LogP contribution >= 0.6 is 0 Å². The normalized spacial score (nSPS) is 57.9. The van der Waals surface area contributed by atoms with E-state index in [-0.39, 0.29) is 6.10 Å². The topological polar surface area (TPSA) is 20.2 Å². The van der Waals surface area contributed by atoms with E-state index in [9.17, 15) is 5.11 Å². The maximum absolute atomic E-state index is 9.96. The highest BCUT2D eigenvalue weighted by molar-refractivity contribution is 5.16. The molecule has 4 aliphatic carbocycles. The lowest BCUT2D eigenvalue weighted by Gasteiger charge is -2.58. The van der Waals surface area contributed by atoms with Crippen LogP contribution in [-0.2, 0) is 0 Å². The van der Waals surface area contributed by atoms with E-state index in [4.69, 9.17) is 0 Å². The van der Waals surface area contributed by atoms with Crippen molar-refractivity contribution in [2.75, 3.05) is 0 Å². The summed E-state index contributed by atoms with van der Waals surface area (Å²) in [6, 6.07) is 0. The van der Waals surface area contributed by atoms with Crippen LogP contribution in [0.1, 0.15) is 65.2 Å². The fraction of sp³-hybridized carbons (Fsp3) is 0.895. The Kier molecular flexibility index (Phi) is 2.91. The van der Waals surface area contributed by atoms with Gasteiger partial charge in [0.1, 0.15) is 0 Å². The highest BCUT2D eigenvalue weighted by Crippen LogP contribution is 2.65. The largest absolute Gasteiger partial charge is 0.389 e. The molecule has 0 aliphatic heterocycles. The molecule has 4 aliphatic rings. The fourth-order valence-electron chi connectivity index (χ4n) is 6.78. The summed E-state index contributed by atoms with van der Waals surface area (Å²) in [5.74, 6) is 3.59. The third-order valence-corrected chi connectivity index (χ3v) is 7.95. The van der Waals surface area contributed by atoms with Crippen molar-refractivity contribution in [1.29, 1.82) is 0 Å². The van der Waals surface area contributed by atoms with Crippen molar-refractivity contribution in [2.24, 2.45) is 34.5 Å². The smallest absolute Gasteiger partial charge is 0.0724 e. The molecule has 0 aromatic rings. The number of hydrogen-bond donors (Lipinski definition) is 1. The third kappa shape index (κ3) is 1.71. The summed E-state index contributed by atoms with van der Waals surface area (Å²) in [4.78, 5) is 0. The van der Waals surface area contributed by atoms with Crippen molar-refractivity contribution < 1.29 is 5.11 Å². The minimum absolute atomic E-state index is 0.176. The molecule has 1 heteroatoms. The lowest BCUT2D eigenvalue weighted by atomic mass is 9.46. The molecule has 7 atom stereocenters. The van der Waals surface area contributed by atoms with Crippen LogP contribution in [0, 0.1) is 34.5 Å². The van der Waals surface area contributed by atoms with Gasteiger partial charge >= 0.3 is 0 Å². The van der Waals surface area contributed by atoms with Crippen LogP contribution < -0.4 is 0 Å². The minimum Gasteiger partial charge on any atom is -0.389 e. The van der Waals surface area contributed by atoms with Crippen molar-refractivity contribution in [3.05, 3.63) is 12.2 Å². The maximum Gasteiger partial charge on any atom is 0.0724 e. The van der Waals surface area contributed by atoms with Gasteiger partial charge in [-0.25, -0.2) is 0 Å². The first kappa shape index (κ1) is 13.4. The molecule has 0 amide bonds. The second-order valence-electron chi connectivity index (χ2n) is 8.76. The van der Waals surface area contributed by atoms with E-state index in [1.165, 1.54) is 44.9 Å². The van der Waals surface area contributed by atoms with E-state index in [1.807, 2.05) is 0 Å². The molecule has 0 bridgehead atoms. The lowest BCUT2D eigenvalue weighted by molar-refractivity contribution is -0.0760. The van der Waals surface area contributed by atoms with Crippen molar-refractivity contribution in [2.45, 2.75) is 71.3 Å². The first-order valence-corrected chi connectivity index (χ1v) is 8.90. The number of hydrogen-bond acceptors (Lipinski definition) is 1. The summed E-state index contributed by atoms with van der Waals surface area (Å²) in [6.07, 6.45) is 15.5. The molecule has 0 aromatic heterocycles. The van der Waals surface area contributed by atoms with Crippen molar-refractivity contribution in [3.8, 4) is 0 Å². The molecule has 1 N–H and O–H groups in total. The van der Waals surface area contributed by atoms with Crippen LogP contribution in [-0.4, -0.2) is 11.2 Å². The van der Waals surface area contributed by atoms with Gasteiger partial charge in [0.15, 0.2) is 0 Å². The number of rotatable bonds is 0. The van der Waals surface area contributed by atoms with Crippen molar-refractivity contribution >= 4 is 0 Å². The van der Waals surface area contributed by atoms with Gasteiger partial charge < -0.3 is 5.11 Å². The summed E-state index contributed by atoms with van der Waals surface area (Å²) in [5.41, 5.74) is 1.05. The summed E-state index contributed by atoms with van der Waals surface area (Å²) >= 11 is 0. The fourth-order valence-corrected chi connectivity index (χ4v) is 6.78. The van der Waals surface area contributed by atoms with Gasteiger partial charge in [-0.05, 0) is 79.4 Å². The first-order chi connectivity index (χ1) is 9.53. The highest BCUT2D eigenvalue weighted by Gasteiger charge is 2.56. The van der Waals surface area contributed by atoms with Crippen LogP contribution in [0.3, 0.4) is 0 Å². The molecule has 4 rings (SSSR count). The summed E-state index contributed by atoms with van der Waals surface area (Å²) in [5, 5.41) is 9.96. The van der Waals surface area contributed by atoms with E-state index in [0.717, 1.165) is 30.1 Å². The van der Waals surface area contributed by atoms with Gasteiger partial charge in [0, 0.05) is 0 Å². The molecule has 3 fully saturated rings. The summed E-state index contributed by atoms with van der Waals surface area (Å²) in [7, 11) is 0. The predicted octanol–water partition coefficient (Wildman–Crippen LogP) is 4.56. The molecular weight excluding hydrogens is 244 g/mol. The van der Waals surface area contributed by atoms with Crippen LogP contribution in [0.15, 0.2) is 12.2 Å². The first-order valence-electron chi connectivity index (χ1n) is 8.90. The van der Waals surface area contributed by atoms with Gasteiger partial charge in [0.25, 0.3) is 0 Å². The minimum atomic E-state index is -0.176. The Morgan fingerprint density at radius 2 is 1.85 bits per heavy atom. The standard InChI is InChI=1S/C19H30O/c1-18-9-3-4-16(18)15-6-5-13-12-14(20)7-11-19(13,2)17(15)8-10-18/h7,11,13-17,20H,3-6,8-10,12H2,1-2H3/t13-,14+,15-,16+,17+,18+,19+/m0/s1. The second-order valence-corrected chi connectivity index (χ2v) is 8.76. The zero-order valence-electron chi connectivity index (χ0n) is 13.1. The zero-order chi connectivity index (χ0) is 14.0. The monoisotopic (exact) mass is 274 g/mol. The SMILES string of the molecule is C[C@]12CCC[C@@H]1[C@@H]1CC[C@H]3C[C@H](O)C=C[C@@]3(C)[C@@H]1CC2. The average Bonchev–Trinajstić information content (AvgIpc) is 2.81. The van der Waals surface area contributed by atoms with E-state index in [2.05, 4.69) is 26.0 Å². The lowest BCUT2D eigenvalue weighted by Crippen LogP contribution is -2.51. The Morgan fingerprint density at radius 1 is 1.00 bits per heavy atom. The Balaban J connectivity index is 1.67. The molecule has 0 aromatic carbocycles. The summed E-state index contributed by atoms with van der Waals surface area (Å²) in [6.45, 7) is 5.09. The Morgan fingerprint density at radius 3 is 2.70 bits per heavy atom. The van der Waals surface area contributed by atoms with Gasteiger partial charge in [-0.3, -0.25) is 0 Å². The number of allylic oxidation sites excluding steroid dienone is 1. The van der Waals surface area contributed by atoms with Gasteiger partial charge in [-0.1, -0.05) is 32.4 Å². The van der Waals surface area contributed by atoms with Crippen LogP contribution in [0.5, 0.6) is 0 Å². The molecule has 3 saturated carbocycles. The zero-order valence-corrected chi connectivity index (χ0v) is 13.1. The van der Waals surface area contributed by atoms with Crippen molar-refractivity contribution in [3.63, 3.8) is 0 Å². The van der Waals surface area contributed by atoms with E-state index >= 15 is 0 Å². The Bertz CT molecular complexity index is 427. The van der Waals surface area contributed by atoms with Gasteiger partial charge in [0.05, 0.1) is 6.10 Å². The third-order valence-electron chi connectivity index (χ3n) is 7.95. The molecule has 0 saturated heterocycles. The number of fused-ring (bicyclic) bond motifs is 5. The second kappa shape index (κ2) is 4.35. The van der Waals surface area contributed by atoms with Gasteiger partial charge in [-0.15, -0.1) is 0 Å². The Hall–Kier alpha value is -0.300. The van der Waals surface area contributed by atoms with E-state index < -0.39 is 0 Å². The summed E-state index contributed by atoms with van der Waals surface area (Å²) < 4.78 is 0. The van der Waals surface area contributed by atoms with Gasteiger partial charge in [-0.2, -0.15) is 0 Å². The molecule has 20 heavy (non-hydrogen) atoms. The molecule has 0 heterocycles. The molecule has 112 valence electrons.